The maximum atomic E-state index is 13.5. The molecule has 1 aliphatic rings. The van der Waals surface area contributed by atoms with Gasteiger partial charge in [-0.1, -0.05) is 29.5 Å². The van der Waals surface area contributed by atoms with Crippen molar-refractivity contribution in [3.05, 3.63) is 83.2 Å². The molecule has 1 aromatic carbocycles. The Labute approximate surface area is 200 Å². The van der Waals surface area contributed by atoms with Crippen LogP contribution in [0.5, 0.6) is 0 Å². The number of benzene rings is 1. The maximum absolute atomic E-state index is 13.5. The first-order chi connectivity index (χ1) is 16.0. The Balaban J connectivity index is 1.82. The van der Waals surface area contributed by atoms with Crippen molar-refractivity contribution in [2.45, 2.75) is 33.7 Å². The quantitative estimate of drug-likeness (QED) is 0.483. The summed E-state index contributed by atoms with van der Waals surface area (Å²) in [6.45, 7) is 9.99. The Morgan fingerprint density at radius 2 is 1.91 bits per heavy atom. The Kier molecular flexibility index (Phi) is 6.95. The third kappa shape index (κ3) is 4.45. The molecule has 0 radical (unpaired) electrons. The molecule has 2 aromatic heterocycles. The number of hydrogen-bond donors (Lipinski definition) is 0. The fourth-order valence-corrected chi connectivity index (χ4v) is 5.90. The Bertz CT molecular complexity index is 1350. The molecule has 0 saturated heterocycles. The van der Waals surface area contributed by atoms with E-state index >= 15 is 0 Å². The standard InChI is InChI=1S/C25H27N3O3S2/c1-5-27(6-2)18-12-10-17(11-13-18)15-20-23(29)28-22(19-9-8-14-32-19)21(24(30)31-7-3)16(4)26-25(28)33-20/h8-15,22H,5-7H2,1-4H3/t22-/m1/s1. The maximum Gasteiger partial charge on any atom is 0.338 e. The van der Waals surface area contributed by atoms with Gasteiger partial charge in [-0.15, -0.1) is 11.3 Å². The van der Waals surface area contributed by atoms with Gasteiger partial charge in [0.05, 0.1) is 22.4 Å². The van der Waals surface area contributed by atoms with E-state index in [2.05, 4.69) is 35.9 Å². The number of carbonyl (C=O) groups is 1. The Morgan fingerprint density at radius 1 is 1.18 bits per heavy atom. The lowest BCUT2D eigenvalue weighted by atomic mass is 10.0. The zero-order chi connectivity index (χ0) is 23.5. The molecule has 0 saturated carbocycles. The van der Waals surface area contributed by atoms with Gasteiger partial charge in [0, 0.05) is 23.7 Å². The third-order valence-corrected chi connectivity index (χ3v) is 7.56. The van der Waals surface area contributed by atoms with Crippen LogP contribution >= 0.6 is 22.7 Å². The van der Waals surface area contributed by atoms with Crippen LogP contribution in [-0.4, -0.2) is 30.2 Å². The van der Waals surface area contributed by atoms with Crippen LogP contribution in [0, 0.1) is 0 Å². The van der Waals surface area contributed by atoms with Gasteiger partial charge in [-0.05, 0) is 62.9 Å². The molecule has 8 heteroatoms. The smallest absolute Gasteiger partial charge is 0.338 e. The number of nitrogens with zero attached hydrogens (tertiary/aromatic N) is 3. The average Bonchev–Trinajstić information content (AvgIpc) is 3.44. The highest BCUT2D eigenvalue weighted by molar-refractivity contribution is 7.10. The predicted octanol–water partition coefficient (Wildman–Crippen LogP) is 3.71. The second kappa shape index (κ2) is 9.89. The molecule has 1 atom stereocenters. The summed E-state index contributed by atoms with van der Waals surface area (Å²) in [5.74, 6) is -0.432. The summed E-state index contributed by atoms with van der Waals surface area (Å²) in [4.78, 5) is 34.7. The number of carbonyl (C=O) groups excluding carboxylic acids is 1. The lowest BCUT2D eigenvalue weighted by Gasteiger charge is -2.23. The van der Waals surface area contributed by atoms with Crippen LogP contribution in [0.15, 0.2) is 62.8 Å². The van der Waals surface area contributed by atoms with E-state index in [1.165, 1.54) is 22.7 Å². The molecule has 0 spiro atoms. The highest BCUT2D eigenvalue weighted by Gasteiger charge is 2.33. The molecule has 3 heterocycles. The van der Waals surface area contributed by atoms with Crippen molar-refractivity contribution in [2.75, 3.05) is 24.6 Å². The van der Waals surface area contributed by atoms with E-state index in [0.29, 0.717) is 20.6 Å². The molecule has 0 aliphatic carbocycles. The van der Waals surface area contributed by atoms with Gasteiger partial charge in [0.15, 0.2) is 4.80 Å². The number of anilines is 1. The molecule has 6 nitrogen and oxygen atoms in total. The molecular formula is C25H27N3O3S2. The van der Waals surface area contributed by atoms with Crippen LogP contribution in [-0.2, 0) is 9.53 Å². The number of thiazole rings is 1. The predicted molar refractivity (Wildman–Crippen MR) is 135 cm³/mol. The SMILES string of the molecule is CCOC(=O)C1=C(C)N=c2sc(=Cc3ccc(N(CC)CC)cc3)c(=O)n2[C@@H]1c1cccs1. The number of rotatable bonds is 7. The number of ether oxygens (including phenoxy) is 1. The molecule has 0 amide bonds. The van der Waals surface area contributed by atoms with E-state index in [1.807, 2.05) is 35.7 Å². The van der Waals surface area contributed by atoms with E-state index in [-0.39, 0.29) is 12.2 Å². The van der Waals surface area contributed by atoms with Gasteiger partial charge in [0.2, 0.25) is 0 Å². The Morgan fingerprint density at radius 3 is 2.52 bits per heavy atom. The summed E-state index contributed by atoms with van der Waals surface area (Å²) in [6.07, 6.45) is 1.89. The van der Waals surface area contributed by atoms with Crippen molar-refractivity contribution in [3.63, 3.8) is 0 Å². The van der Waals surface area contributed by atoms with Crippen LogP contribution in [0.3, 0.4) is 0 Å². The molecule has 4 rings (SSSR count). The van der Waals surface area contributed by atoms with Gasteiger partial charge in [-0.25, -0.2) is 9.79 Å². The minimum atomic E-state index is -0.535. The third-order valence-electron chi connectivity index (χ3n) is 5.65. The average molecular weight is 482 g/mol. The van der Waals surface area contributed by atoms with Crippen LogP contribution in [0.2, 0.25) is 0 Å². The van der Waals surface area contributed by atoms with Crippen LogP contribution < -0.4 is 19.8 Å². The molecule has 172 valence electrons. The van der Waals surface area contributed by atoms with Crippen molar-refractivity contribution in [1.29, 1.82) is 0 Å². The fourth-order valence-electron chi connectivity index (χ4n) is 4.03. The number of aromatic nitrogens is 1. The molecule has 3 aromatic rings. The molecular weight excluding hydrogens is 454 g/mol. The van der Waals surface area contributed by atoms with E-state index in [9.17, 15) is 9.59 Å². The monoisotopic (exact) mass is 481 g/mol. The minimum Gasteiger partial charge on any atom is -0.463 e. The normalized spacial score (nSPS) is 15.9. The number of fused-ring (bicyclic) bond motifs is 1. The van der Waals surface area contributed by atoms with Crippen molar-refractivity contribution >= 4 is 40.4 Å². The van der Waals surface area contributed by atoms with Crippen LogP contribution in [0.1, 0.15) is 44.2 Å². The summed E-state index contributed by atoms with van der Waals surface area (Å²) in [6, 6.07) is 11.5. The van der Waals surface area contributed by atoms with Crippen molar-refractivity contribution in [3.8, 4) is 0 Å². The first-order valence-electron chi connectivity index (χ1n) is 11.1. The van der Waals surface area contributed by atoms with Gasteiger partial charge in [0.1, 0.15) is 6.04 Å². The van der Waals surface area contributed by atoms with Gasteiger partial charge in [0.25, 0.3) is 5.56 Å². The van der Waals surface area contributed by atoms with Gasteiger partial charge in [-0.2, -0.15) is 0 Å². The van der Waals surface area contributed by atoms with E-state index < -0.39 is 12.0 Å². The minimum absolute atomic E-state index is 0.153. The highest BCUT2D eigenvalue weighted by atomic mass is 32.1. The van der Waals surface area contributed by atoms with E-state index in [1.54, 1.807) is 18.4 Å². The number of thiophene rings is 1. The summed E-state index contributed by atoms with van der Waals surface area (Å²) >= 11 is 2.86. The van der Waals surface area contributed by atoms with Gasteiger partial charge in [-0.3, -0.25) is 9.36 Å². The molecule has 0 N–H and O–H groups in total. The van der Waals surface area contributed by atoms with E-state index in [0.717, 1.165) is 29.2 Å². The number of allylic oxidation sites excluding steroid dienone is 1. The highest BCUT2D eigenvalue weighted by Crippen LogP contribution is 2.33. The zero-order valence-electron chi connectivity index (χ0n) is 19.2. The first kappa shape index (κ1) is 23.2. The molecule has 0 unspecified atom stereocenters. The van der Waals surface area contributed by atoms with Crippen molar-refractivity contribution in [2.24, 2.45) is 4.99 Å². The van der Waals surface area contributed by atoms with Gasteiger partial charge < -0.3 is 9.64 Å². The summed E-state index contributed by atoms with van der Waals surface area (Å²) in [5, 5.41) is 1.95. The largest absolute Gasteiger partial charge is 0.463 e. The van der Waals surface area contributed by atoms with Crippen LogP contribution in [0.4, 0.5) is 5.69 Å². The summed E-state index contributed by atoms with van der Waals surface area (Å²) in [5.41, 5.74) is 2.96. The molecule has 0 fully saturated rings. The summed E-state index contributed by atoms with van der Waals surface area (Å²) in [7, 11) is 0. The molecule has 0 bridgehead atoms. The van der Waals surface area contributed by atoms with Gasteiger partial charge >= 0.3 is 5.97 Å². The lowest BCUT2D eigenvalue weighted by Crippen LogP contribution is -2.39. The zero-order valence-corrected chi connectivity index (χ0v) is 20.8. The van der Waals surface area contributed by atoms with Crippen molar-refractivity contribution in [1.82, 2.24) is 4.57 Å². The molecule has 33 heavy (non-hydrogen) atoms. The number of hydrogen-bond acceptors (Lipinski definition) is 7. The topological polar surface area (TPSA) is 63.9 Å². The van der Waals surface area contributed by atoms with E-state index in [4.69, 9.17) is 4.74 Å². The first-order valence-corrected chi connectivity index (χ1v) is 12.8. The fraction of sp³-hybridized carbons (Fsp3) is 0.320. The summed E-state index contributed by atoms with van der Waals surface area (Å²) < 4.78 is 7.53. The van der Waals surface area contributed by atoms with Crippen LogP contribution in [0.25, 0.3) is 6.08 Å². The number of esters is 1. The Hall–Kier alpha value is -2.97. The lowest BCUT2D eigenvalue weighted by molar-refractivity contribution is -0.139. The second-order valence-corrected chi connectivity index (χ2v) is 9.57. The van der Waals surface area contributed by atoms with Crippen molar-refractivity contribution < 1.29 is 9.53 Å². The second-order valence-electron chi connectivity index (χ2n) is 7.58. The molecule has 1 aliphatic heterocycles.